The lowest BCUT2D eigenvalue weighted by Gasteiger charge is -2.01. The van der Waals surface area contributed by atoms with Gasteiger partial charge in [0.25, 0.3) is 0 Å². The van der Waals surface area contributed by atoms with Gasteiger partial charge in [-0.25, -0.2) is 0 Å². The van der Waals surface area contributed by atoms with Gasteiger partial charge in [-0.05, 0) is 30.2 Å². The zero-order valence-electron chi connectivity index (χ0n) is 7.67. The third-order valence-electron chi connectivity index (χ3n) is 1.85. The molecule has 1 aromatic carbocycles. The Hall–Kier alpha value is -1.30. The summed E-state index contributed by atoms with van der Waals surface area (Å²) in [5.74, 6) is 5.69. The van der Waals surface area contributed by atoms with Gasteiger partial charge in [-0.2, -0.15) is 0 Å². The highest BCUT2D eigenvalue weighted by Gasteiger charge is 1.96. The lowest BCUT2D eigenvalue weighted by molar-refractivity contribution is 0.281. The largest absolute Gasteiger partial charge is 0.392 e. The lowest BCUT2D eigenvalue weighted by Crippen LogP contribution is -1.94. The van der Waals surface area contributed by atoms with Crippen molar-refractivity contribution in [2.24, 2.45) is 5.73 Å². The van der Waals surface area contributed by atoms with Crippen LogP contribution >= 0.6 is 0 Å². The lowest BCUT2D eigenvalue weighted by atomic mass is 10.1. The molecule has 0 bridgehead atoms. The van der Waals surface area contributed by atoms with Crippen LogP contribution in [0.2, 0.25) is 0 Å². The third-order valence-corrected chi connectivity index (χ3v) is 1.85. The second kappa shape index (κ2) is 4.66. The van der Waals surface area contributed by atoms with E-state index in [-0.39, 0.29) is 6.61 Å². The molecule has 13 heavy (non-hydrogen) atoms. The molecule has 0 heterocycles. The van der Waals surface area contributed by atoms with Gasteiger partial charge in [0.15, 0.2) is 0 Å². The van der Waals surface area contributed by atoms with E-state index in [0.717, 1.165) is 16.7 Å². The summed E-state index contributed by atoms with van der Waals surface area (Å²) in [5.41, 5.74) is 8.16. The number of hydrogen-bond donors (Lipinski definition) is 2. The third kappa shape index (κ3) is 2.59. The van der Waals surface area contributed by atoms with Crippen LogP contribution in [0, 0.1) is 18.8 Å². The number of hydrogen-bond acceptors (Lipinski definition) is 2. The predicted octanol–water partition coefficient (Wildman–Crippen LogP) is 0.798. The topological polar surface area (TPSA) is 46.2 Å². The molecular weight excluding hydrogens is 162 g/mol. The van der Waals surface area contributed by atoms with Gasteiger partial charge < -0.3 is 10.8 Å². The van der Waals surface area contributed by atoms with Crippen LogP contribution in [-0.2, 0) is 6.61 Å². The van der Waals surface area contributed by atoms with Crippen molar-refractivity contribution in [2.75, 3.05) is 6.54 Å². The molecule has 3 N–H and O–H groups in total. The number of aliphatic hydroxyl groups is 1. The summed E-state index contributed by atoms with van der Waals surface area (Å²) in [6, 6.07) is 5.77. The SMILES string of the molecule is Cc1ccc(C#CCN)cc1CO. The van der Waals surface area contributed by atoms with E-state index in [9.17, 15) is 0 Å². The maximum Gasteiger partial charge on any atom is 0.0684 e. The fourth-order valence-electron chi connectivity index (χ4n) is 1.07. The first kappa shape index (κ1) is 9.79. The first-order valence-electron chi connectivity index (χ1n) is 4.17. The molecule has 0 unspecified atom stereocenters. The number of nitrogens with two attached hydrogens (primary N) is 1. The van der Waals surface area contributed by atoms with Gasteiger partial charge >= 0.3 is 0 Å². The Morgan fingerprint density at radius 2 is 2.23 bits per heavy atom. The van der Waals surface area contributed by atoms with Gasteiger partial charge in [0.2, 0.25) is 0 Å². The molecule has 0 atom stereocenters. The van der Waals surface area contributed by atoms with Crippen LogP contribution in [0.3, 0.4) is 0 Å². The quantitative estimate of drug-likeness (QED) is 0.620. The van der Waals surface area contributed by atoms with Crippen molar-refractivity contribution in [2.45, 2.75) is 13.5 Å². The van der Waals surface area contributed by atoms with E-state index in [1.165, 1.54) is 0 Å². The minimum atomic E-state index is 0.0595. The van der Waals surface area contributed by atoms with Gasteiger partial charge in [0.1, 0.15) is 0 Å². The van der Waals surface area contributed by atoms with Gasteiger partial charge in [-0.1, -0.05) is 17.9 Å². The molecule has 0 saturated carbocycles. The van der Waals surface area contributed by atoms with Crippen LogP contribution < -0.4 is 5.73 Å². The summed E-state index contributed by atoms with van der Waals surface area (Å²) in [6.07, 6.45) is 0. The maximum absolute atomic E-state index is 9.00. The smallest absolute Gasteiger partial charge is 0.0684 e. The molecular formula is C11H13NO. The van der Waals surface area contributed by atoms with E-state index >= 15 is 0 Å². The van der Waals surface area contributed by atoms with Gasteiger partial charge in [0.05, 0.1) is 13.2 Å². The van der Waals surface area contributed by atoms with Gasteiger partial charge in [-0.15, -0.1) is 0 Å². The van der Waals surface area contributed by atoms with Crippen LogP contribution in [-0.4, -0.2) is 11.7 Å². The molecule has 1 rings (SSSR count). The summed E-state index contributed by atoms with van der Waals surface area (Å²) in [7, 11) is 0. The van der Waals surface area contributed by atoms with E-state index in [1.54, 1.807) is 0 Å². The van der Waals surface area contributed by atoms with Crippen LogP contribution in [0.25, 0.3) is 0 Å². The molecule has 0 fully saturated rings. The molecule has 68 valence electrons. The predicted molar refractivity (Wildman–Crippen MR) is 53.0 cm³/mol. The molecule has 0 saturated heterocycles. The molecule has 2 nitrogen and oxygen atoms in total. The Bertz CT molecular complexity index is 347. The summed E-state index contributed by atoms with van der Waals surface area (Å²) in [5, 5.41) is 9.00. The minimum Gasteiger partial charge on any atom is -0.392 e. The summed E-state index contributed by atoms with van der Waals surface area (Å²) in [4.78, 5) is 0. The highest BCUT2D eigenvalue weighted by molar-refractivity contribution is 5.40. The normalized spacial score (nSPS) is 9.15. The van der Waals surface area contributed by atoms with Crippen LogP contribution in [0.1, 0.15) is 16.7 Å². The molecule has 0 radical (unpaired) electrons. The summed E-state index contributed by atoms with van der Waals surface area (Å²) >= 11 is 0. The van der Waals surface area contributed by atoms with Crippen molar-refractivity contribution in [1.29, 1.82) is 0 Å². The van der Waals surface area contributed by atoms with Crippen LogP contribution in [0.5, 0.6) is 0 Å². The van der Waals surface area contributed by atoms with Crippen molar-refractivity contribution in [3.63, 3.8) is 0 Å². The zero-order valence-corrected chi connectivity index (χ0v) is 7.67. The molecule has 0 amide bonds. The van der Waals surface area contributed by atoms with E-state index in [4.69, 9.17) is 10.8 Å². The second-order valence-electron chi connectivity index (χ2n) is 2.81. The monoisotopic (exact) mass is 175 g/mol. The van der Waals surface area contributed by atoms with Crippen molar-refractivity contribution in [1.82, 2.24) is 0 Å². The number of aryl methyl sites for hydroxylation is 1. The van der Waals surface area contributed by atoms with Crippen molar-refractivity contribution in [3.05, 3.63) is 34.9 Å². The average Bonchev–Trinajstić information content (AvgIpc) is 2.16. The fourth-order valence-corrected chi connectivity index (χ4v) is 1.07. The maximum atomic E-state index is 9.00. The van der Waals surface area contributed by atoms with E-state index in [0.29, 0.717) is 6.54 Å². The number of benzene rings is 1. The summed E-state index contributed by atoms with van der Waals surface area (Å²) < 4.78 is 0. The van der Waals surface area contributed by atoms with E-state index in [1.807, 2.05) is 25.1 Å². The van der Waals surface area contributed by atoms with E-state index in [2.05, 4.69) is 11.8 Å². The molecule has 0 spiro atoms. The Balaban J connectivity index is 2.99. The highest BCUT2D eigenvalue weighted by atomic mass is 16.3. The first-order valence-corrected chi connectivity index (χ1v) is 4.17. The Labute approximate surface area is 78.4 Å². The second-order valence-corrected chi connectivity index (χ2v) is 2.81. The standard InChI is InChI=1S/C11H13NO/c1-9-4-5-10(3-2-6-12)7-11(9)8-13/h4-5,7,13H,6,8,12H2,1H3. The van der Waals surface area contributed by atoms with Gasteiger partial charge in [-0.3, -0.25) is 0 Å². The number of rotatable bonds is 1. The van der Waals surface area contributed by atoms with Crippen LogP contribution in [0.4, 0.5) is 0 Å². The highest BCUT2D eigenvalue weighted by Crippen LogP contribution is 2.09. The molecule has 1 aromatic rings. The summed E-state index contributed by atoms with van der Waals surface area (Å²) in [6.45, 7) is 2.39. The van der Waals surface area contributed by atoms with Crippen molar-refractivity contribution < 1.29 is 5.11 Å². The fraction of sp³-hybridized carbons (Fsp3) is 0.273. The van der Waals surface area contributed by atoms with Crippen molar-refractivity contribution >= 4 is 0 Å². The zero-order chi connectivity index (χ0) is 9.68. The Morgan fingerprint density at radius 1 is 1.46 bits per heavy atom. The molecule has 0 aliphatic heterocycles. The van der Waals surface area contributed by atoms with Crippen LogP contribution in [0.15, 0.2) is 18.2 Å². The average molecular weight is 175 g/mol. The minimum absolute atomic E-state index is 0.0595. The van der Waals surface area contributed by atoms with E-state index < -0.39 is 0 Å². The Morgan fingerprint density at radius 3 is 2.85 bits per heavy atom. The molecule has 0 aromatic heterocycles. The molecule has 2 heteroatoms. The first-order chi connectivity index (χ1) is 6.27. The molecule has 0 aliphatic rings. The number of aliphatic hydroxyl groups excluding tert-OH is 1. The van der Waals surface area contributed by atoms with Gasteiger partial charge in [0, 0.05) is 5.56 Å². The Kier molecular flexibility index (Phi) is 3.51. The molecule has 0 aliphatic carbocycles. The van der Waals surface area contributed by atoms with Crippen molar-refractivity contribution in [3.8, 4) is 11.8 Å².